The first-order chi connectivity index (χ1) is 9.19. The summed E-state index contributed by atoms with van der Waals surface area (Å²) in [5.74, 6) is 0. The Morgan fingerprint density at radius 3 is 3.00 bits per heavy atom. The van der Waals surface area contributed by atoms with Crippen molar-refractivity contribution in [2.24, 2.45) is 0 Å². The molecule has 1 aliphatic heterocycles. The van der Waals surface area contributed by atoms with Gasteiger partial charge in [-0.25, -0.2) is 4.98 Å². The standard InChI is InChI=1S/C15H24N2OS/c1-4-6-16-13-5-7-18-10-14(13)19-15-9-11(2)8-12(3)17-15/h8-9,13-14,16H,4-7,10H2,1-3H3. The molecule has 1 aliphatic rings. The van der Waals surface area contributed by atoms with Crippen molar-refractivity contribution in [3.8, 4) is 0 Å². The lowest BCUT2D eigenvalue weighted by Crippen LogP contribution is -2.45. The number of nitrogens with zero attached hydrogens (tertiary/aromatic N) is 1. The van der Waals surface area contributed by atoms with Crippen LogP contribution in [0.15, 0.2) is 17.2 Å². The van der Waals surface area contributed by atoms with E-state index in [2.05, 4.69) is 43.2 Å². The van der Waals surface area contributed by atoms with Gasteiger partial charge in [-0.15, -0.1) is 0 Å². The Hall–Kier alpha value is -0.580. The van der Waals surface area contributed by atoms with Crippen molar-refractivity contribution in [1.82, 2.24) is 10.3 Å². The molecule has 0 radical (unpaired) electrons. The Labute approximate surface area is 120 Å². The molecule has 1 saturated heterocycles. The quantitative estimate of drug-likeness (QED) is 0.899. The van der Waals surface area contributed by atoms with Gasteiger partial charge >= 0.3 is 0 Å². The highest BCUT2D eigenvalue weighted by molar-refractivity contribution is 8.00. The largest absolute Gasteiger partial charge is 0.380 e. The average Bonchev–Trinajstić information content (AvgIpc) is 2.36. The molecule has 1 aromatic rings. The predicted octanol–water partition coefficient (Wildman–Crippen LogP) is 2.95. The Balaban J connectivity index is 2.01. The number of aryl methyl sites for hydroxylation is 2. The van der Waals surface area contributed by atoms with Crippen molar-refractivity contribution >= 4 is 11.8 Å². The van der Waals surface area contributed by atoms with Crippen molar-refractivity contribution in [1.29, 1.82) is 0 Å². The maximum atomic E-state index is 5.64. The molecule has 4 heteroatoms. The van der Waals surface area contributed by atoms with Crippen LogP contribution in [0.1, 0.15) is 31.0 Å². The van der Waals surface area contributed by atoms with Crippen LogP contribution in [0.25, 0.3) is 0 Å². The van der Waals surface area contributed by atoms with E-state index >= 15 is 0 Å². The molecule has 106 valence electrons. The summed E-state index contributed by atoms with van der Waals surface area (Å²) in [5.41, 5.74) is 2.38. The molecule has 1 fully saturated rings. The smallest absolute Gasteiger partial charge is 0.0969 e. The summed E-state index contributed by atoms with van der Waals surface area (Å²) < 4.78 is 5.64. The molecule has 0 aromatic carbocycles. The SMILES string of the molecule is CCCNC1CCOCC1Sc1cc(C)cc(C)n1. The van der Waals surface area contributed by atoms with Gasteiger partial charge in [0, 0.05) is 23.6 Å². The molecule has 2 rings (SSSR count). The molecule has 19 heavy (non-hydrogen) atoms. The van der Waals surface area contributed by atoms with E-state index in [-0.39, 0.29) is 0 Å². The molecule has 2 heterocycles. The fraction of sp³-hybridized carbons (Fsp3) is 0.667. The predicted molar refractivity (Wildman–Crippen MR) is 80.9 cm³/mol. The van der Waals surface area contributed by atoms with Crippen LogP contribution < -0.4 is 5.32 Å². The molecule has 0 amide bonds. The van der Waals surface area contributed by atoms with E-state index in [1.165, 1.54) is 12.0 Å². The van der Waals surface area contributed by atoms with Crippen LogP contribution in [-0.2, 0) is 4.74 Å². The number of thioether (sulfide) groups is 1. The lowest BCUT2D eigenvalue weighted by Gasteiger charge is -2.31. The van der Waals surface area contributed by atoms with Gasteiger partial charge in [-0.05, 0) is 50.9 Å². The van der Waals surface area contributed by atoms with Crippen molar-refractivity contribution < 1.29 is 4.74 Å². The molecule has 0 bridgehead atoms. The first-order valence-electron chi connectivity index (χ1n) is 7.12. The van der Waals surface area contributed by atoms with Gasteiger partial charge in [-0.3, -0.25) is 0 Å². The topological polar surface area (TPSA) is 34.1 Å². The van der Waals surface area contributed by atoms with Gasteiger partial charge in [0.1, 0.15) is 0 Å². The number of hydrogen-bond acceptors (Lipinski definition) is 4. The van der Waals surface area contributed by atoms with Crippen molar-refractivity contribution in [2.75, 3.05) is 19.8 Å². The van der Waals surface area contributed by atoms with E-state index in [4.69, 9.17) is 4.74 Å². The third-order valence-corrected chi connectivity index (χ3v) is 4.52. The normalized spacial score (nSPS) is 23.5. The molecular formula is C15H24N2OS. The maximum Gasteiger partial charge on any atom is 0.0969 e. The second kappa shape index (κ2) is 7.27. The average molecular weight is 280 g/mol. The number of aromatic nitrogens is 1. The molecule has 1 aromatic heterocycles. The van der Waals surface area contributed by atoms with E-state index in [1.807, 2.05) is 11.8 Å². The summed E-state index contributed by atoms with van der Waals surface area (Å²) in [4.78, 5) is 4.62. The fourth-order valence-electron chi connectivity index (χ4n) is 2.41. The highest BCUT2D eigenvalue weighted by atomic mass is 32.2. The zero-order chi connectivity index (χ0) is 13.7. The van der Waals surface area contributed by atoms with Gasteiger partial charge in [0.2, 0.25) is 0 Å². The van der Waals surface area contributed by atoms with Crippen LogP contribution >= 0.6 is 11.8 Å². The summed E-state index contributed by atoms with van der Waals surface area (Å²) in [7, 11) is 0. The summed E-state index contributed by atoms with van der Waals surface area (Å²) in [6.45, 7) is 9.17. The van der Waals surface area contributed by atoms with E-state index in [0.29, 0.717) is 11.3 Å². The highest BCUT2D eigenvalue weighted by Crippen LogP contribution is 2.28. The van der Waals surface area contributed by atoms with Crippen LogP contribution in [-0.4, -0.2) is 36.0 Å². The van der Waals surface area contributed by atoms with Crippen molar-refractivity contribution in [3.63, 3.8) is 0 Å². The Morgan fingerprint density at radius 1 is 1.42 bits per heavy atom. The number of ether oxygens (including phenoxy) is 1. The van der Waals surface area contributed by atoms with E-state index in [0.717, 1.165) is 36.9 Å². The third kappa shape index (κ3) is 4.48. The van der Waals surface area contributed by atoms with E-state index < -0.39 is 0 Å². The first-order valence-corrected chi connectivity index (χ1v) is 8.00. The summed E-state index contributed by atoms with van der Waals surface area (Å²) >= 11 is 1.85. The van der Waals surface area contributed by atoms with Crippen LogP contribution in [0.4, 0.5) is 0 Å². The fourth-order valence-corrected chi connectivity index (χ4v) is 3.73. The van der Waals surface area contributed by atoms with Gasteiger partial charge < -0.3 is 10.1 Å². The zero-order valence-corrected chi connectivity index (χ0v) is 12.9. The maximum absolute atomic E-state index is 5.64. The molecule has 0 spiro atoms. The number of pyridine rings is 1. The Morgan fingerprint density at radius 2 is 2.26 bits per heavy atom. The molecule has 0 aliphatic carbocycles. The first kappa shape index (κ1) is 14.8. The molecular weight excluding hydrogens is 256 g/mol. The van der Waals surface area contributed by atoms with E-state index in [9.17, 15) is 0 Å². The Bertz CT molecular complexity index is 391. The number of hydrogen-bond donors (Lipinski definition) is 1. The minimum atomic E-state index is 0.467. The summed E-state index contributed by atoms with van der Waals surface area (Å²) in [6.07, 6.45) is 2.28. The Kier molecular flexibility index (Phi) is 5.67. The van der Waals surface area contributed by atoms with Gasteiger partial charge in [0.05, 0.1) is 11.6 Å². The van der Waals surface area contributed by atoms with Crippen LogP contribution in [0, 0.1) is 13.8 Å². The van der Waals surface area contributed by atoms with Gasteiger partial charge in [0.15, 0.2) is 0 Å². The van der Waals surface area contributed by atoms with E-state index in [1.54, 1.807) is 0 Å². The lowest BCUT2D eigenvalue weighted by atomic mass is 10.1. The monoisotopic (exact) mass is 280 g/mol. The second-order valence-corrected chi connectivity index (χ2v) is 6.46. The molecule has 0 saturated carbocycles. The van der Waals surface area contributed by atoms with Crippen molar-refractivity contribution in [2.45, 2.75) is 49.9 Å². The number of nitrogens with one attached hydrogen (secondary N) is 1. The zero-order valence-electron chi connectivity index (χ0n) is 12.1. The van der Waals surface area contributed by atoms with Crippen LogP contribution in [0.3, 0.4) is 0 Å². The van der Waals surface area contributed by atoms with Gasteiger partial charge in [-0.1, -0.05) is 18.7 Å². The minimum Gasteiger partial charge on any atom is -0.380 e. The molecule has 1 N–H and O–H groups in total. The van der Waals surface area contributed by atoms with Gasteiger partial charge in [-0.2, -0.15) is 0 Å². The van der Waals surface area contributed by atoms with Gasteiger partial charge in [0.25, 0.3) is 0 Å². The highest BCUT2D eigenvalue weighted by Gasteiger charge is 2.26. The molecule has 2 atom stereocenters. The number of rotatable bonds is 5. The van der Waals surface area contributed by atoms with Crippen molar-refractivity contribution in [3.05, 3.63) is 23.4 Å². The minimum absolute atomic E-state index is 0.467. The summed E-state index contributed by atoms with van der Waals surface area (Å²) in [5, 5.41) is 5.23. The van der Waals surface area contributed by atoms with Crippen LogP contribution in [0.5, 0.6) is 0 Å². The summed E-state index contributed by atoms with van der Waals surface area (Å²) in [6, 6.07) is 4.83. The second-order valence-electron chi connectivity index (χ2n) is 5.20. The molecule has 3 nitrogen and oxygen atoms in total. The lowest BCUT2D eigenvalue weighted by molar-refractivity contribution is 0.0833. The third-order valence-electron chi connectivity index (χ3n) is 3.31. The molecule has 2 unspecified atom stereocenters. The van der Waals surface area contributed by atoms with Crippen LogP contribution in [0.2, 0.25) is 0 Å².